The second-order valence-electron chi connectivity index (χ2n) is 14.7. The summed E-state index contributed by atoms with van der Waals surface area (Å²) in [6, 6.07) is 70.2. The van der Waals surface area contributed by atoms with E-state index in [2.05, 4.69) is 143 Å². The van der Waals surface area contributed by atoms with Crippen molar-refractivity contribution >= 4 is 33.0 Å². The molecular weight excluding hydrogens is 949 g/mol. The molecule has 6 heteroatoms. The molecule has 8 aromatic carbocycles. The van der Waals surface area contributed by atoms with E-state index in [0.29, 0.717) is 28.0 Å². The number of nitriles is 1. The van der Waals surface area contributed by atoms with Gasteiger partial charge in [0.2, 0.25) is 0 Å². The molecule has 0 amide bonds. The van der Waals surface area contributed by atoms with Gasteiger partial charge in [0.15, 0.2) is 0 Å². The van der Waals surface area contributed by atoms with Gasteiger partial charge in [0.25, 0.3) is 0 Å². The summed E-state index contributed by atoms with van der Waals surface area (Å²) in [6.45, 7) is -4.34. The van der Waals surface area contributed by atoms with Crippen LogP contribution >= 0.6 is 0 Å². The monoisotopic (exact) mass is 993 g/mol. The summed E-state index contributed by atoms with van der Waals surface area (Å²) < 4.78 is 52.5. The van der Waals surface area contributed by atoms with E-state index in [1.165, 1.54) is 24.4 Å². The number of fused-ring (bicyclic) bond motifs is 4. The predicted molar refractivity (Wildman–Crippen MR) is 252 cm³/mol. The standard InChI is InChI=1S/C44H26N3O.C13H12N.Ir/c45-28-29-23-24-34-35-19-12-20-36(43(35)48-41(34)25-29)44-46-39-21-10-11-22-40(39)47(44)42-37(31-15-6-2-7-16-31)26-33(30-13-4-1-5-14-30)27-38(42)32-17-8-3-9-18-32;1-10-3-6-12(7-4-10)13-8-5-11(2)9-14-13;/h1-19,21-27H;3-6,8-9H,1-2H3;/q2*-1;/i;1D3,2D3;. The first kappa shape index (κ1) is 34.0. The van der Waals surface area contributed by atoms with Gasteiger partial charge in [0.05, 0.1) is 39.8 Å². The number of imidazole rings is 1. The van der Waals surface area contributed by atoms with Crippen LogP contribution in [0.15, 0.2) is 199 Å². The molecule has 0 aliphatic carbocycles. The Hall–Kier alpha value is -7.68. The number of hydrogen-bond acceptors (Lipinski definition) is 4. The maximum absolute atomic E-state index is 9.57. The zero-order chi connectivity index (χ0) is 47.0. The van der Waals surface area contributed by atoms with Gasteiger partial charge in [-0.25, -0.2) is 0 Å². The summed E-state index contributed by atoms with van der Waals surface area (Å²) in [5, 5.41) is 11.5. The number of rotatable bonds is 6. The van der Waals surface area contributed by atoms with E-state index in [-0.39, 0.29) is 31.2 Å². The number of aryl methyl sites for hydroxylation is 2. The molecule has 63 heavy (non-hydrogen) atoms. The van der Waals surface area contributed by atoms with Crippen LogP contribution in [0.5, 0.6) is 0 Å². The Labute approximate surface area is 388 Å². The first-order valence-electron chi connectivity index (χ1n) is 23.0. The molecule has 0 bridgehead atoms. The molecular formula is C57H38IrN4O-2. The molecule has 0 N–H and O–H groups in total. The van der Waals surface area contributed by atoms with Crippen molar-refractivity contribution in [3.63, 3.8) is 0 Å². The molecule has 3 aromatic heterocycles. The molecule has 0 aliphatic heterocycles. The van der Waals surface area contributed by atoms with Crippen LogP contribution in [-0.2, 0) is 20.1 Å². The summed E-state index contributed by atoms with van der Waals surface area (Å²) in [4.78, 5) is 9.36. The van der Waals surface area contributed by atoms with E-state index in [0.717, 1.165) is 72.3 Å². The van der Waals surface area contributed by atoms with Crippen LogP contribution in [0, 0.1) is 37.2 Å². The van der Waals surface area contributed by atoms with Crippen molar-refractivity contribution in [1.82, 2.24) is 14.5 Å². The third-order valence-electron chi connectivity index (χ3n) is 10.8. The van der Waals surface area contributed by atoms with Gasteiger partial charge < -0.3 is 14.0 Å². The zero-order valence-electron chi connectivity index (χ0n) is 39.5. The van der Waals surface area contributed by atoms with Crippen molar-refractivity contribution in [3.05, 3.63) is 223 Å². The van der Waals surface area contributed by atoms with Crippen LogP contribution in [0.4, 0.5) is 0 Å². The Balaban J connectivity index is 0.000000238. The van der Waals surface area contributed by atoms with Crippen LogP contribution in [-0.4, -0.2) is 14.5 Å². The molecule has 11 aromatic rings. The van der Waals surface area contributed by atoms with Gasteiger partial charge in [-0.3, -0.25) is 4.98 Å². The first-order valence-corrected chi connectivity index (χ1v) is 20.0. The number of furan rings is 1. The molecule has 0 unspecified atom stereocenters. The minimum absolute atomic E-state index is 0. The minimum Gasteiger partial charge on any atom is -0.500 e. The fourth-order valence-corrected chi connectivity index (χ4v) is 7.88. The minimum atomic E-state index is -2.18. The van der Waals surface area contributed by atoms with Crippen molar-refractivity contribution in [1.29, 1.82) is 5.26 Å². The molecule has 303 valence electrons. The molecule has 5 nitrogen and oxygen atoms in total. The molecule has 11 rings (SSSR count). The third kappa shape index (κ3) is 8.00. The second-order valence-corrected chi connectivity index (χ2v) is 14.7. The van der Waals surface area contributed by atoms with Gasteiger partial charge in [-0.15, -0.1) is 53.6 Å². The summed E-state index contributed by atoms with van der Waals surface area (Å²) in [5.41, 5.74) is 13.7. The van der Waals surface area contributed by atoms with E-state index in [4.69, 9.17) is 17.6 Å². The average molecular weight is 993 g/mol. The van der Waals surface area contributed by atoms with Crippen molar-refractivity contribution in [2.45, 2.75) is 13.7 Å². The molecule has 0 saturated heterocycles. The van der Waals surface area contributed by atoms with Crippen LogP contribution < -0.4 is 0 Å². The number of benzene rings is 8. The van der Waals surface area contributed by atoms with Crippen molar-refractivity contribution in [3.8, 4) is 67.8 Å². The number of hydrogen-bond donors (Lipinski definition) is 0. The Kier molecular flexibility index (Phi) is 9.56. The molecule has 0 spiro atoms. The Morgan fingerprint density at radius 1 is 0.635 bits per heavy atom. The molecule has 0 atom stereocenters. The van der Waals surface area contributed by atoms with Gasteiger partial charge in [-0.2, -0.15) is 5.26 Å². The fourth-order valence-electron chi connectivity index (χ4n) is 7.88. The maximum Gasteiger partial charge on any atom is 0.122 e. The molecule has 3 heterocycles. The summed E-state index contributed by atoms with van der Waals surface area (Å²) >= 11 is 0. The summed E-state index contributed by atoms with van der Waals surface area (Å²) in [5.74, 6) is 0.725. The normalized spacial score (nSPS) is 12.7. The number of para-hydroxylation sites is 2. The van der Waals surface area contributed by atoms with E-state index >= 15 is 0 Å². The van der Waals surface area contributed by atoms with Gasteiger partial charge in [0, 0.05) is 51.0 Å². The SMILES string of the molecule is N#Cc1ccc2c(c1)oc1c(-c3nc4ccccc4n3-c3c(-c4ccccc4)cc(-c4ccccc4)cc3-c3ccccc3)[c-]ccc12.[2H]C([2H])([2H])c1c[c-]c(-c2ccc(C([2H])([2H])[2H])cn2)cc1.[Ir]. The molecule has 1 radical (unpaired) electrons. The van der Waals surface area contributed by atoms with E-state index in [1.54, 1.807) is 18.2 Å². The van der Waals surface area contributed by atoms with Crippen LogP contribution in [0.2, 0.25) is 0 Å². The smallest absolute Gasteiger partial charge is 0.122 e. The number of pyridine rings is 1. The third-order valence-corrected chi connectivity index (χ3v) is 10.8. The molecule has 0 aliphatic rings. The number of nitrogens with zero attached hydrogens (tertiary/aromatic N) is 4. The van der Waals surface area contributed by atoms with Crippen LogP contribution in [0.1, 0.15) is 24.9 Å². The maximum atomic E-state index is 9.57. The molecule has 0 fully saturated rings. The van der Waals surface area contributed by atoms with Crippen LogP contribution in [0.3, 0.4) is 0 Å². The van der Waals surface area contributed by atoms with Crippen molar-refractivity contribution < 1.29 is 32.7 Å². The topological polar surface area (TPSA) is 67.6 Å². The van der Waals surface area contributed by atoms with Crippen LogP contribution in [0.25, 0.3) is 94.7 Å². The van der Waals surface area contributed by atoms with Gasteiger partial charge >= 0.3 is 0 Å². The summed E-state index contributed by atoms with van der Waals surface area (Å²) in [6.07, 6.45) is 1.30. The van der Waals surface area contributed by atoms with Gasteiger partial charge in [0.1, 0.15) is 5.58 Å². The number of aromatic nitrogens is 3. The summed E-state index contributed by atoms with van der Waals surface area (Å²) in [7, 11) is 0. The zero-order valence-corrected chi connectivity index (χ0v) is 35.9. The van der Waals surface area contributed by atoms with Crippen molar-refractivity contribution in [2.24, 2.45) is 0 Å². The van der Waals surface area contributed by atoms with Gasteiger partial charge in [-0.1, -0.05) is 139 Å². The average Bonchev–Trinajstić information content (AvgIpc) is 3.95. The van der Waals surface area contributed by atoms with E-state index < -0.39 is 13.7 Å². The first-order chi connectivity index (χ1) is 32.9. The van der Waals surface area contributed by atoms with E-state index in [9.17, 15) is 5.26 Å². The Bertz CT molecular complexity index is 3520. The Morgan fingerprint density at radius 3 is 1.94 bits per heavy atom. The predicted octanol–water partition coefficient (Wildman–Crippen LogP) is 14.4. The molecule has 0 saturated carbocycles. The second kappa shape index (κ2) is 17.7. The fraction of sp³-hybridized carbons (Fsp3) is 0.0351. The van der Waals surface area contributed by atoms with Gasteiger partial charge in [-0.05, 0) is 76.8 Å². The van der Waals surface area contributed by atoms with E-state index in [1.807, 2.05) is 36.4 Å². The quantitative estimate of drug-likeness (QED) is 0.156. The largest absolute Gasteiger partial charge is 0.500 e. The van der Waals surface area contributed by atoms with Crippen molar-refractivity contribution in [2.75, 3.05) is 0 Å². The Morgan fingerprint density at radius 2 is 1.30 bits per heavy atom.